The predicted octanol–water partition coefficient (Wildman–Crippen LogP) is 4.02. The van der Waals surface area contributed by atoms with E-state index in [1.54, 1.807) is 35.2 Å². The summed E-state index contributed by atoms with van der Waals surface area (Å²) in [5, 5.41) is 1.20. The van der Waals surface area contributed by atoms with Crippen LogP contribution in [0.1, 0.15) is 5.56 Å². The Labute approximate surface area is 150 Å². The zero-order valence-electron chi connectivity index (χ0n) is 13.0. The number of benzene rings is 2. The topological polar surface area (TPSA) is 23.6 Å². The van der Waals surface area contributed by atoms with Crippen molar-refractivity contribution in [1.82, 2.24) is 4.90 Å². The van der Waals surface area contributed by atoms with E-state index in [0.29, 0.717) is 41.8 Å². The Morgan fingerprint density at radius 3 is 2.42 bits per heavy atom. The third-order valence-corrected chi connectivity index (χ3v) is 4.72. The molecule has 0 saturated carbocycles. The molecule has 1 amide bonds. The van der Waals surface area contributed by atoms with Crippen molar-refractivity contribution in [2.75, 3.05) is 31.1 Å². The van der Waals surface area contributed by atoms with E-state index in [4.69, 9.17) is 23.2 Å². The van der Waals surface area contributed by atoms with Gasteiger partial charge in [-0.15, -0.1) is 0 Å². The number of piperazine rings is 1. The number of hydrogen-bond acceptors (Lipinski definition) is 2. The number of amides is 1. The molecular weight excluding hydrogens is 350 g/mol. The maximum Gasteiger partial charge on any atom is 0.227 e. The average Bonchev–Trinajstić information content (AvgIpc) is 2.57. The van der Waals surface area contributed by atoms with Gasteiger partial charge >= 0.3 is 0 Å². The van der Waals surface area contributed by atoms with Gasteiger partial charge in [0.15, 0.2) is 0 Å². The summed E-state index contributed by atoms with van der Waals surface area (Å²) in [6.45, 7) is 2.55. The van der Waals surface area contributed by atoms with Crippen molar-refractivity contribution in [1.29, 1.82) is 0 Å². The fourth-order valence-corrected chi connectivity index (χ4v) is 3.38. The van der Waals surface area contributed by atoms with E-state index >= 15 is 0 Å². The Bertz CT molecular complexity index is 746. The number of halogens is 3. The van der Waals surface area contributed by atoms with E-state index in [-0.39, 0.29) is 18.1 Å². The molecular formula is C18H17Cl2FN2O. The van der Waals surface area contributed by atoms with Gasteiger partial charge in [-0.25, -0.2) is 4.39 Å². The molecule has 24 heavy (non-hydrogen) atoms. The van der Waals surface area contributed by atoms with Crippen LogP contribution in [0.3, 0.4) is 0 Å². The van der Waals surface area contributed by atoms with Crippen LogP contribution in [0, 0.1) is 5.82 Å². The zero-order chi connectivity index (χ0) is 17.1. The van der Waals surface area contributed by atoms with Gasteiger partial charge in [0.25, 0.3) is 0 Å². The Hall–Kier alpha value is -1.78. The number of carbonyl (C=O) groups excluding carboxylic acids is 1. The summed E-state index contributed by atoms with van der Waals surface area (Å²) in [5.41, 5.74) is 1.35. The van der Waals surface area contributed by atoms with E-state index in [2.05, 4.69) is 4.90 Å². The largest absolute Gasteiger partial charge is 0.367 e. The maximum atomic E-state index is 13.7. The highest BCUT2D eigenvalue weighted by atomic mass is 35.5. The van der Waals surface area contributed by atoms with Crippen LogP contribution >= 0.6 is 23.2 Å². The lowest BCUT2D eigenvalue weighted by molar-refractivity contribution is -0.130. The molecule has 0 spiro atoms. The zero-order valence-corrected chi connectivity index (χ0v) is 14.5. The number of carbonyl (C=O) groups is 1. The SMILES string of the molecule is O=C(Cc1ccccc1F)N1CCN(c2ccc(Cl)cc2Cl)CC1. The van der Waals surface area contributed by atoms with Crippen molar-refractivity contribution in [2.45, 2.75) is 6.42 Å². The van der Waals surface area contributed by atoms with Gasteiger partial charge in [0.2, 0.25) is 5.91 Å². The van der Waals surface area contributed by atoms with Crippen LogP contribution in [0.5, 0.6) is 0 Å². The lowest BCUT2D eigenvalue weighted by Crippen LogP contribution is -2.49. The molecule has 6 heteroatoms. The molecule has 3 rings (SSSR count). The minimum absolute atomic E-state index is 0.0537. The monoisotopic (exact) mass is 366 g/mol. The molecule has 1 fully saturated rings. The molecule has 1 heterocycles. The van der Waals surface area contributed by atoms with Crippen LogP contribution in [0.15, 0.2) is 42.5 Å². The summed E-state index contributed by atoms with van der Waals surface area (Å²) in [6.07, 6.45) is 0.0916. The van der Waals surface area contributed by atoms with Crippen molar-refractivity contribution in [3.05, 3.63) is 63.9 Å². The lowest BCUT2D eigenvalue weighted by atomic mass is 10.1. The van der Waals surface area contributed by atoms with E-state index in [1.165, 1.54) is 6.07 Å². The summed E-state index contributed by atoms with van der Waals surface area (Å²) < 4.78 is 13.7. The van der Waals surface area contributed by atoms with Gasteiger partial charge in [0, 0.05) is 31.2 Å². The fourth-order valence-electron chi connectivity index (χ4n) is 2.85. The number of nitrogens with zero attached hydrogens (tertiary/aromatic N) is 2. The molecule has 0 radical (unpaired) electrons. The fraction of sp³-hybridized carbons (Fsp3) is 0.278. The summed E-state index contributed by atoms with van der Waals surface area (Å²) in [6, 6.07) is 11.8. The summed E-state index contributed by atoms with van der Waals surface area (Å²) in [5.74, 6) is -0.389. The molecule has 2 aromatic rings. The van der Waals surface area contributed by atoms with E-state index in [0.717, 1.165) is 5.69 Å². The second-order valence-corrected chi connectivity index (χ2v) is 6.58. The highest BCUT2D eigenvalue weighted by molar-refractivity contribution is 6.36. The second-order valence-electron chi connectivity index (χ2n) is 5.73. The van der Waals surface area contributed by atoms with Gasteiger partial charge in [0.1, 0.15) is 5.82 Å². The van der Waals surface area contributed by atoms with E-state index in [9.17, 15) is 9.18 Å². The van der Waals surface area contributed by atoms with Crippen LogP contribution in [0.4, 0.5) is 10.1 Å². The Kier molecular flexibility index (Phi) is 5.27. The minimum atomic E-state index is -0.336. The molecule has 0 aliphatic carbocycles. The van der Waals surface area contributed by atoms with E-state index in [1.807, 2.05) is 6.07 Å². The smallest absolute Gasteiger partial charge is 0.227 e. The molecule has 1 aliphatic rings. The molecule has 0 bridgehead atoms. The summed E-state index contributed by atoms with van der Waals surface area (Å²) in [7, 11) is 0. The molecule has 1 saturated heterocycles. The third-order valence-electron chi connectivity index (χ3n) is 4.18. The van der Waals surface area contributed by atoms with Crippen LogP contribution in [0.2, 0.25) is 10.0 Å². The lowest BCUT2D eigenvalue weighted by Gasteiger charge is -2.36. The van der Waals surface area contributed by atoms with Gasteiger partial charge in [-0.3, -0.25) is 4.79 Å². The first-order valence-electron chi connectivity index (χ1n) is 7.76. The van der Waals surface area contributed by atoms with Crippen LogP contribution < -0.4 is 4.90 Å². The summed E-state index contributed by atoms with van der Waals surface area (Å²) in [4.78, 5) is 16.3. The van der Waals surface area contributed by atoms with Crippen LogP contribution in [-0.4, -0.2) is 37.0 Å². The van der Waals surface area contributed by atoms with Crippen molar-refractivity contribution in [3.8, 4) is 0 Å². The third kappa shape index (κ3) is 3.82. The minimum Gasteiger partial charge on any atom is -0.367 e. The first-order chi connectivity index (χ1) is 11.5. The van der Waals surface area contributed by atoms with Crippen molar-refractivity contribution < 1.29 is 9.18 Å². The molecule has 1 aliphatic heterocycles. The number of anilines is 1. The highest BCUT2D eigenvalue weighted by Crippen LogP contribution is 2.29. The van der Waals surface area contributed by atoms with Gasteiger partial charge in [-0.2, -0.15) is 0 Å². The predicted molar refractivity (Wildman–Crippen MR) is 95.4 cm³/mol. The normalized spacial score (nSPS) is 14.8. The maximum absolute atomic E-state index is 13.7. The highest BCUT2D eigenvalue weighted by Gasteiger charge is 2.23. The van der Waals surface area contributed by atoms with Crippen LogP contribution in [0.25, 0.3) is 0 Å². The van der Waals surface area contributed by atoms with Crippen molar-refractivity contribution in [3.63, 3.8) is 0 Å². The Balaban J connectivity index is 1.60. The molecule has 126 valence electrons. The molecule has 0 unspecified atom stereocenters. The van der Waals surface area contributed by atoms with E-state index < -0.39 is 0 Å². The average molecular weight is 367 g/mol. The quantitative estimate of drug-likeness (QED) is 0.818. The Morgan fingerprint density at radius 2 is 1.75 bits per heavy atom. The number of hydrogen-bond donors (Lipinski definition) is 0. The van der Waals surface area contributed by atoms with Crippen LogP contribution in [-0.2, 0) is 11.2 Å². The van der Waals surface area contributed by atoms with Gasteiger partial charge in [0.05, 0.1) is 17.1 Å². The molecule has 0 aromatic heterocycles. The molecule has 0 N–H and O–H groups in total. The van der Waals surface area contributed by atoms with Gasteiger partial charge < -0.3 is 9.80 Å². The second kappa shape index (κ2) is 7.41. The first kappa shape index (κ1) is 17.1. The number of rotatable bonds is 3. The van der Waals surface area contributed by atoms with Crippen molar-refractivity contribution in [2.24, 2.45) is 0 Å². The Morgan fingerprint density at radius 1 is 1.04 bits per heavy atom. The first-order valence-corrected chi connectivity index (χ1v) is 8.51. The standard InChI is InChI=1S/C18H17Cl2FN2O/c19-14-5-6-17(15(20)12-14)22-7-9-23(10-8-22)18(24)11-13-3-1-2-4-16(13)21/h1-6,12H,7-11H2. The molecule has 0 atom stereocenters. The molecule has 3 nitrogen and oxygen atoms in total. The van der Waals surface area contributed by atoms with Gasteiger partial charge in [-0.1, -0.05) is 41.4 Å². The summed E-state index contributed by atoms with van der Waals surface area (Å²) >= 11 is 12.2. The van der Waals surface area contributed by atoms with Crippen molar-refractivity contribution >= 4 is 34.8 Å². The van der Waals surface area contributed by atoms with Gasteiger partial charge in [-0.05, 0) is 29.8 Å². The molecule has 2 aromatic carbocycles.